The van der Waals surface area contributed by atoms with E-state index in [9.17, 15) is 8.42 Å². The Labute approximate surface area is 188 Å². The van der Waals surface area contributed by atoms with Crippen LogP contribution in [0.4, 0.5) is 5.82 Å². The van der Waals surface area contributed by atoms with Gasteiger partial charge in [-0.15, -0.1) is 0 Å². The highest BCUT2D eigenvalue weighted by atomic mass is 32.2. The van der Waals surface area contributed by atoms with E-state index in [1.165, 1.54) is 39.4 Å². The molecule has 3 aromatic rings. The maximum atomic E-state index is 11.8. The fraction of sp³-hybridized carbons (Fsp3) is 0.478. The average Bonchev–Trinajstić information content (AvgIpc) is 3.11. The second-order valence-corrected chi connectivity index (χ2v) is 11.1. The Hall–Kier alpha value is -2.49. The fourth-order valence-electron chi connectivity index (χ4n) is 4.86. The number of hydrogen-bond donors (Lipinski definition) is 2. The fourth-order valence-corrected chi connectivity index (χ4v) is 5.57. The van der Waals surface area contributed by atoms with E-state index in [0.717, 1.165) is 46.5 Å². The van der Waals surface area contributed by atoms with Crippen LogP contribution < -0.4 is 10.5 Å². The van der Waals surface area contributed by atoms with E-state index in [4.69, 9.17) is 5.73 Å². The molecule has 1 aliphatic heterocycles. The molecular weight excluding hydrogens is 424 g/mol. The van der Waals surface area contributed by atoms with Gasteiger partial charge in [-0.2, -0.15) is 0 Å². The van der Waals surface area contributed by atoms with E-state index in [2.05, 4.69) is 30.4 Å². The van der Waals surface area contributed by atoms with E-state index < -0.39 is 10.0 Å². The number of nitrogen functional groups attached to an aromatic ring is 1. The molecule has 2 aromatic heterocycles. The van der Waals surface area contributed by atoms with Crippen LogP contribution >= 0.6 is 0 Å². The smallest absolute Gasteiger partial charge is 0.211 e. The average molecular weight is 455 g/mol. The molecule has 8 nitrogen and oxygen atoms in total. The van der Waals surface area contributed by atoms with E-state index >= 15 is 0 Å². The lowest BCUT2D eigenvalue weighted by atomic mass is 9.79. The molecular formula is C23H30N6O2S. The Bertz CT molecular complexity index is 1230. The first-order chi connectivity index (χ1) is 15.4. The highest BCUT2D eigenvalue weighted by Gasteiger charge is 2.34. The molecule has 1 saturated heterocycles. The molecule has 1 aliphatic carbocycles. The van der Waals surface area contributed by atoms with Gasteiger partial charge in [0.1, 0.15) is 17.8 Å². The number of anilines is 1. The van der Waals surface area contributed by atoms with Crippen molar-refractivity contribution in [2.24, 2.45) is 5.92 Å². The minimum atomic E-state index is -3.25. The van der Waals surface area contributed by atoms with Crippen molar-refractivity contribution in [3.8, 4) is 11.1 Å². The summed E-state index contributed by atoms with van der Waals surface area (Å²) in [5, 5.41) is 0.874. The molecule has 1 aromatic carbocycles. The third-order valence-corrected chi connectivity index (χ3v) is 8.28. The number of nitrogens with one attached hydrogen (secondary N) is 1. The number of hydrogen-bond acceptors (Lipinski definition) is 6. The zero-order valence-electron chi connectivity index (χ0n) is 18.4. The molecule has 2 aliphatic rings. The summed E-state index contributed by atoms with van der Waals surface area (Å²) < 4.78 is 28.3. The summed E-state index contributed by atoms with van der Waals surface area (Å²) in [5.74, 6) is 1.28. The Morgan fingerprint density at radius 3 is 2.75 bits per heavy atom. The number of rotatable bonds is 8. The normalized spacial score (nSPS) is 21.4. The predicted molar refractivity (Wildman–Crippen MR) is 127 cm³/mol. The van der Waals surface area contributed by atoms with Gasteiger partial charge in [-0.3, -0.25) is 0 Å². The first-order valence-electron chi connectivity index (χ1n) is 11.3. The Morgan fingerprint density at radius 1 is 1.22 bits per heavy atom. The number of sulfonamides is 1. The van der Waals surface area contributed by atoms with Crippen LogP contribution in [-0.4, -0.2) is 60.3 Å². The van der Waals surface area contributed by atoms with Gasteiger partial charge in [-0.25, -0.2) is 23.1 Å². The SMILES string of the molecule is CNS(=O)(=O)CCc1cccc(-c2cn([C@H]3C[C@@H](CN4CCC4)C3)c3ncnc(N)c23)c1. The summed E-state index contributed by atoms with van der Waals surface area (Å²) in [6.45, 7) is 3.69. The number of benzene rings is 1. The van der Waals surface area contributed by atoms with Crippen LogP contribution in [0, 0.1) is 5.92 Å². The van der Waals surface area contributed by atoms with Gasteiger partial charge in [0.2, 0.25) is 10.0 Å². The quantitative estimate of drug-likeness (QED) is 0.541. The lowest BCUT2D eigenvalue weighted by Crippen LogP contribution is -2.43. The minimum absolute atomic E-state index is 0.0560. The van der Waals surface area contributed by atoms with Crippen molar-refractivity contribution in [3.05, 3.63) is 42.4 Å². The molecule has 0 spiro atoms. The molecule has 32 heavy (non-hydrogen) atoms. The largest absolute Gasteiger partial charge is 0.383 e. The van der Waals surface area contributed by atoms with Gasteiger partial charge >= 0.3 is 0 Å². The van der Waals surface area contributed by atoms with Gasteiger partial charge in [0.25, 0.3) is 0 Å². The first-order valence-corrected chi connectivity index (χ1v) is 12.9. The zero-order chi connectivity index (χ0) is 22.3. The van der Waals surface area contributed by atoms with Gasteiger partial charge in [0, 0.05) is 24.3 Å². The number of nitrogens with two attached hydrogens (primary N) is 1. The highest BCUT2D eigenvalue weighted by molar-refractivity contribution is 7.89. The summed E-state index contributed by atoms with van der Waals surface area (Å²) in [6, 6.07) is 8.43. The Kier molecular flexibility index (Phi) is 5.65. The van der Waals surface area contributed by atoms with Crippen molar-refractivity contribution in [2.45, 2.75) is 31.7 Å². The molecule has 3 heterocycles. The van der Waals surface area contributed by atoms with Crippen molar-refractivity contribution < 1.29 is 8.42 Å². The van der Waals surface area contributed by atoms with Crippen LogP contribution in [0.25, 0.3) is 22.2 Å². The third kappa shape index (κ3) is 4.12. The molecule has 5 rings (SSSR count). The standard InChI is InChI=1S/C23H30N6O2S/c1-25-32(30,31)9-6-16-4-2-5-18(10-16)20-14-29(23-21(20)22(24)26-15-27-23)19-11-17(12-19)13-28-7-3-8-28/h2,4-5,10,14-15,17,19,25H,3,6-9,11-13H2,1H3,(H2,24,26,27)/t17-,19+. The molecule has 1 saturated carbocycles. The molecule has 170 valence electrons. The van der Waals surface area contributed by atoms with Gasteiger partial charge in [-0.05, 0) is 62.9 Å². The van der Waals surface area contributed by atoms with Gasteiger partial charge < -0.3 is 15.2 Å². The number of nitrogens with zero attached hydrogens (tertiary/aromatic N) is 4. The maximum Gasteiger partial charge on any atom is 0.211 e. The van der Waals surface area contributed by atoms with Crippen LogP contribution in [-0.2, 0) is 16.4 Å². The van der Waals surface area contributed by atoms with Crippen molar-refractivity contribution in [3.63, 3.8) is 0 Å². The number of aryl methyl sites for hydroxylation is 1. The third-order valence-electron chi connectivity index (χ3n) is 6.92. The van der Waals surface area contributed by atoms with Crippen LogP contribution in [0.1, 0.15) is 30.9 Å². The maximum absolute atomic E-state index is 11.8. The molecule has 9 heteroatoms. The lowest BCUT2D eigenvalue weighted by molar-refractivity contribution is 0.0921. The predicted octanol–water partition coefficient (Wildman–Crippen LogP) is 2.43. The summed E-state index contributed by atoms with van der Waals surface area (Å²) in [4.78, 5) is 11.4. The second kappa shape index (κ2) is 8.46. The molecule has 0 bridgehead atoms. The van der Waals surface area contributed by atoms with Gasteiger partial charge in [0.05, 0.1) is 11.1 Å². The molecule has 0 atom stereocenters. The number of aromatic nitrogens is 3. The lowest BCUT2D eigenvalue weighted by Gasteiger charge is -2.42. The van der Waals surface area contributed by atoms with Crippen LogP contribution in [0.3, 0.4) is 0 Å². The first kappa shape index (κ1) is 21.4. The zero-order valence-corrected chi connectivity index (χ0v) is 19.2. The number of likely N-dealkylation sites (tertiary alicyclic amines) is 1. The van der Waals surface area contributed by atoms with Crippen molar-refractivity contribution in [2.75, 3.05) is 38.2 Å². The van der Waals surface area contributed by atoms with E-state index in [1.54, 1.807) is 0 Å². The molecule has 0 radical (unpaired) electrons. The molecule has 0 amide bonds. The van der Waals surface area contributed by atoms with Crippen molar-refractivity contribution >= 4 is 26.9 Å². The van der Waals surface area contributed by atoms with E-state index in [0.29, 0.717) is 18.3 Å². The molecule has 3 N–H and O–H groups in total. The molecule has 0 unspecified atom stereocenters. The summed E-state index contributed by atoms with van der Waals surface area (Å²) in [6.07, 6.45) is 7.79. The monoisotopic (exact) mass is 454 g/mol. The second-order valence-electron chi connectivity index (χ2n) is 9.03. The van der Waals surface area contributed by atoms with Gasteiger partial charge in [-0.1, -0.05) is 24.3 Å². The van der Waals surface area contributed by atoms with E-state index in [1.807, 2.05) is 24.3 Å². The van der Waals surface area contributed by atoms with Crippen molar-refractivity contribution in [1.82, 2.24) is 24.2 Å². The minimum Gasteiger partial charge on any atom is -0.383 e. The van der Waals surface area contributed by atoms with Crippen LogP contribution in [0.15, 0.2) is 36.8 Å². The van der Waals surface area contributed by atoms with E-state index in [-0.39, 0.29) is 5.75 Å². The number of fused-ring (bicyclic) bond motifs is 1. The Balaban J connectivity index is 1.43. The topological polar surface area (TPSA) is 106 Å². The van der Waals surface area contributed by atoms with Crippen LogP contribution in [0.2, 0.25) is 0 Å². The summed E-state index contributed by atoms with van der Waals surface area (Å²) in [5.41, 5.74) is 10.2. The van der Waals surface area contributed by atoms with Crippen LogP contribution in [0.5, 0.6) is 0 Å². The summed E-state index contributed by atoms with van der Waals surface area (Å²) >= 11 is 0. The van der Waals surface area contributed by atoms with Gasteiger partial charge in [0.15, 0.2) is 0 Å². The van der Waals surface area contributed by atoms with Crippen molar-refractivity contribution in [1.29, 1.82) is 0 Å². The molecule has 2 fully saturated rings. The highest BCUT2D eigenvalue weighted by Crippen LogP contribution is 2.43. The Morgan fingerprint density at radius 2 is 2.03 bits per heavy atom. The summed E-state index contributed by atoms with van der Waals surface area (Å²) in [7, 11) is -1.81.